The summed E-state index contributed by atoms with van der Waals surface area (Å²) in [4.78, 5) is 21.8. The van der Waals surface area contributed by atoms with Crippen LogP contribution in [0, 0.1) is 10.1 Å². The van der Waals surface area contributed by atoms with Crippen molar-refractivity contribution in [2.24, 2.45) is 0 Å². The third-order valence-corrected chi connectivity index (χ3v) is 3.32. The second kappa shape index (κ2) is 9.22. The number of benzene rings is 2. The molecule has 2 rings (SSSR count). The number of esters is 1. The molecule has 2 aromatic rings. The average molecular weight is 341 g/mol. The molecule has 25 heavy (non-hydrogen) atoms. The van der Waals surface area contributed by atoms with Gasteiger partial charge in [0.2, 0.25) is 0 Å². The molecule has 0 atom stereocenters. The SMILES string of the molecule is CCCCOc1ccc(C=CC(=O)Oc2ccc([N+](=O)[O-])cc2)cc1. The highest BCUT2D eigenvalue weighted by molar-refractivity contribution is 5.88. The van der Waals surface area contributed by atoms with Gasteiger partial charge in [0.15, 0.2) is 0 Å². The van der Waals surface area contributed by atoms with E-state index >= 15 is 0 Å². The van der Waals surface area contributed by atoms with Gasteiger partial charge in [-0.2, -0.15) is 0 Å². The summed E-state index contributed by atoms with van der Waals surface area (Å²) in [7, 11) is 0. The number of non-ortho nitro benzene ring substituents is 1. The van der Waals surface area contributed by atoms with Crippen LogP contribution in [-0.2, 0) is 4.79 Å². The maximum atomic E-state index is 11.8. The van der Waals surface area contributed by atoms with E-state index in [0.29, 0.717) is 6.61 Å². The van der Waals surface area contributed by atoms with Gasteiger partial charge < -0.3 is 9.47 Å². The zero-order valence-electron chi connectivity index (χ0n) is 13.9. The van der Waals surface area contributed by atoms with E-state index in [1.54, 1.807) is 6.08 Å². The molecule has 6 heteroatoms. The molecule has 0 aliphatic rings. The Labute approximate surface area is 145 Å². The van der Waals surface area contributed by atoms with Crippen LogP contribution in [0.3, 0.4) is 0 Å². The Morgan fingerprint density at radius 3 is 2.32 bits per heavy atom. The predicted molar refractivity (Wildman–Crippen MR) is 94.6 cm³/mol. The first-order chi connectivity index (χ1) is 12.1. The van der Waals surface area contributed by atoms with Crippen LogP contribution in [0.2, 0.25) is 0 Å². The molecule has 0 saturated heterocycles. The number of nitro benzene ring substituents is 1. The molecule has 0 saturated carbocycles. The zero-order valence-corrected chi connectivity index (χ0v) is 13.9. The van der Waals surface area contributed by atoms with Crippen molar-refractivity contribution < 1.29 is 19.2 Å². The van der Waals surface area contributed by atoms with Gasteiger partial charge in [0.1, 0.15) is 11.5 Å². The lowest BCUT2D eigenvalue weighted by Gasteiger charge is -2.05. The van der Waals surface area contributed by atoms with Crippen molar-refractivity contribution in [3.63, 3.8) is 0 Å². The van der Waals surface area contributed by atoms with Crippen LogP contribution in [0.1, 0.15) is 25.3 Å². The minimum absolute atomic E-state index is 0.0587. The Hall–Kier alpha value is -3.15. The van der Waals surface area contributed by atoms with Crippen LogP contribution < -0.4 is 9.47 Å². The molecule has 0 amide bonds. The molecule has 0 spiro atoms. The summed E-state index contributed by atoms with van der Waals surface area (Å²) in [6.07, 6.45) is 5.02. The number of nitro groups is 1. The number of nitrogens with zero attached hydrogens (tertiary/aromatic N) is 1. The van der Waals surface area contributed by atoms with Crippen molar-refractivity contribution in [1.82, 2.24) is 0 Å². The highest BCUT2D eigenvalue weighted by atomic mass is 16.6. The summed E-state index contributed by atoms with van der Waals surface area (Å²) in [6, 6.07) is 12.7. The molecular formula is C19H19NO5. The number of carbonyl (C=O) groups is 1. The molecule has 0 aromatic heterocycles. The van der Waals surface area contributed by atoms with E-state index in [2.05, 4.69) is 6.92 Å². The quantitative estimate of drug-likeness (QED) is 0.178. The summed E-state index contributed by atoms with van der Waals surface area (Å²) in [6.45, 7) is 2.79. The van der Waals surface area contributed by atoms with Gasteiger partial charge >= 0.3 is 5.97 Å². The molecule has 0 N–H and O–H groups in total. The summed E-state index contributed by atoms with van der Waals surface area (Å²) in [5.74, 6) is 0.483. The van der Waals surface area contributed by atoms with E-state index in [1.807, 2.05) is 24.3 Å². The Balaban J connectivity index is 1.87. The molecule has 130 valence electrons. The predicted octanol–water partition coefficient (Wildman–Crippen LogP) is 4.39. The average Bonchev–Trinajstić information content (AvgIpc) is 2.62. The molecule has 0 fully saturated rings. The molecule has 0 radical (unpaired) electrons. The normalized spacial score (nSPS) is 10.6. The lowest BCUT2D eigenvalue weighted by molar-refractivity contribution is -0.384. The molecule has 0 aliphatic carbocycles. The largest absolute Gasteiger partial charge is 0.494 e. The first-order valence-corrected chi connectivity index (χ1v) is 7.95. The van der Waals surface area contributed by atoms with Crippen LogP contribution in [0.5, 0.6) is 11.5 Å². The second-order valence-corrected chi connectivity index (χ2v) is 5.28. The Morgan fingerprint density at radius 2 is 1.72 bits per heavy atom. The maximum absolute atomic E-state index is 11.8. The smallest absolute Gasteiger partial charge is 0.336 e. The van der Waals surface area contributed by atoms with E-state index in [0.717, 1.165) is 24.2 Å². The fraction of sp³-hybridized carbons (Fsp3) is 0.211. The highest BCUT2D eigenvalue weighted by Gasteiger charge is 2.06. The van der Waals surface area contributed by atoms with E-state index in [-0.39, 0.29) is 11.4 Å². The molecule has 0 heterocycles. The molecule has 0 aliphatic heterocycles. The van der Waals surface area contributed by atoms with Gasteiger partial charge in [-0.1, -0.05) is 25.5 Å². The maximum Gasteiger partial charge on any atom is 0.336 e. The summed E-state index contributed by atoms with van der Waals surface area (Å²) < 4.78 is 10.7. The number of rotatable bonds is 8. The molecule has 0 bridgehead atoms. The van der Waals surface area contributed by atoms with Crippen LogP contribution in [0.15, 0.2) is 54.6 Å². The van der Waals surface area contributed by atoms with E-state index in [1.165, 1.54) is 30.3 Å². The minimum atomic E-state index is -0.558. The standard InChI is InChI=1S/C19H19NO5/c1-2-3-14-24-17-9-4-15(5-10-17)6-13-19(21)25-18-11-7-16(8-12-18)20(22)23/h4-13H,2-3,14H2,1H3. The summed E-state index contributed by atoms with van der Waals surface area (Å²) in [5.41, 5.74) is 0.778. The van der Waals surface area contributed by atoms with Gasteiger partial charge in [-0.25, -0.2) is 4.79 Å². The van der Waals surface area contributed by atoms with Gasteiger partial charge in [-0.05, 0) is 42.3 Å². The topological polar surface area (TPSA) is 78.7 Å². The Bertz CT molecular complexity index is 735. The monoisotopic (exact) mass is 341 g/mol. The lowest BCUT2D eigenvalue weighted by Crippen LogP contribution is -2.03. The summed E-state index contributed by atoms with van der Waals surface area (Å²) >= 11 is 0. The first kappa shape index (κ1) is 18.2. The molecular weight excluding hydrogens is 322 g/mol. The fourth-order valence-corrected chi connectivity index (χ4v) is 1.96. The van der Waals surface area contributed by atoms with Crippen molar-refractivity contribution in [3.05, 3.63) is 70.3 Å². The number of ether oxygens (including phenoxy) is 2. The minimum Gasteiger partial charge on any atom is -0.494 e. The van der Waals surface area contributed by atoms with Crippen molar-refractivity contribution in [2.45, 2.75) is 19.8 Å². The number of carbonyl (C=O) groups excluding carboxylic acids is 1. The number of unbranched alkanes of at least 4 members (excludes halogenated alkanes) is 1. The number of hydrogen-bond acceptors (Lipinski definition) is 5. The third kappa shape index (κ3) is 6.10. The second-order valence-electron chi connectivity index (χ2n) is 5.28. The van der Waals surface area contributed by atoms with Gasteiger partial charge in [0.05, 0.1) is 11.5 Å². The Morgan fingerprint density at radius 1 is 1.08 bits per heavy atom. The highest BCUT2D eigenvalue weighted by Crippen LogP contribution is 2.18. The van der Waals surface area contributed by atoms with Gasteiger partial charge in [0, 0.05) is 18.2 Å². The van der Waals surface area contributed by atoms with Crippen LogP contribution >= 0.6 is 0 Å². The summed E-state index contributed by atoms with van der Waals surface area (Å²) in [5, 5.41) is 10.6. The lowest BCUT2D eigenvalue weighted by atomic mass is 10.2. The fourth-order valence-electron chi connectivity index (χ4n) is 1.96. The van der Waals surface area contributed by atoms with Crippen molar-refractivity contribution in [3.8, 4) is 11.5 Å². The van der Waals surface area contributed by atoms with E-state index in [9.17, 15) is 14.9 Å². The molecule has 2 aromatic carbocycles. The van der Waals surface area contributed by atoms with Crippen molar-refractivity contribution in [1.29, 1.82) is 0 Å². The van der Waals surface area contributed by atoms with Crippen molar-refractivity contribution >= 4 is 17.7 Å². The van der Waals surface area contributed by atoms with Gasteiger partial charge in [0.25, 0.3) is 5.69 Å². The number of hydrogen-bond donors (Lipinski definition) is 0. The van der Waals surface area contributed by atoms with Crippen LogP contribution in [0.4, 0.5) is 5.69 Å². The van der Waals surface area contributed by atoms with E-state index < -0.39 is 10.9 Å². The third-order valence-electron chi connectivity index (χ3n) is 3.32. The zero-order chi connectivity index (χ0) is 18.1. The van der Waals surface area contributed by atoms with Gasteiger partial charge in [-0.3, -0.25) is 10.1 Å². The molecule has 0 unspecified atom stereocenters. The van der Waals surface area contributed by atoms with E-state index in [4.69, 9.17) is 9.47 Å². The van der Waals surface area contributed by atoms with Gasteiger partial charge in [-0.15, -0.1) is 0 Å². The molecule has 6 nitrogen and oxygen atoms in total. The van der Waals surface area contributed by atoms with Crippen molar-refractivity contribution in [2.75, 3.05) is 6.61 Å². The Kier molecular flexibility index (Phi) is 6.71. The first-order valence-electron chi connectivity index (χ1n) is 7.95. The van der Waals surface area contributed by atoms with Crippen LogP contribution in [0.25, 0.3) is 6.08 Å². The van der Waals surface area contributed by atoms with Crippen LogP contribution in [-0.4, -0.2) is 17.5 Å².